The summed E-state index contributed by atoms with van der Waals surface area (Å²) in [4.78, 5) is 19.2. The average molecular weight is 408 g/mol. The Labute approximate surface area is 156 Å². The molecule has 11 heteroatoms. The molecule has 0 aromatic carbocycles. The van der Waals surface area contributed by atoms with Crippen LogP contribution in [0.1, 0.15) is 12.0 Å². The smallest absolute Gasteiger partial charge is 0.367 e. The molecule has 6 nitrogen and oxygen atoms in total. The van der Waals surface area contributed by atoms with Gasteiger partial charge in [0.15, 0.2) is 0 Å². The van der Waals surface area contributed by atoms with Crippen molar-refractivity contribution in [2.45, 2.75) is 12.6 Å². The van der Waals surface area contributed by atoms with Gasteiger partial charge in [-0.2, -0.15) is 18.3 Å². The van der Waals surface area contributed by atoms with Gasteiger partial charge in [0, 0.05) is 32.4 Å². The van der Waals surface area contributed by atoms with Gasteiger partial charge in [0.25, 0.3) is 5.56 Å². The minimum atomic E-state index is -4.49. The maximum absolute atomic E-state index is 12.8. The summed E-state index contributed by atoms with van der Waals surface area (Å²) in [6.45, 7) is 2.12. The third-order valence-corrected chi connectivity index (χ3v) is 4.71. The second kappa shape index (κ2) is 7.32. The molecule has 1 N–H and O–H groups in total. The molecule has 2 aromatic heterocycles. The number of anilines is 2. The van der Waals surface area contributed by atoms with Crippen LogP contribution < -0.4 is 15.4 Å². The lowest BCUT2D eigenvalue weighted by molar-refractivity contribution is -0.137. The van der Waals surface area contributed by atoms with Crippen LogP contribution in [0.5, 0.6) is 0 Å². The quantitative estimate of drug-likeness (QED) is 0.827. The number of hydrogen-bond acceptors (Lipinski definition) is 5. The zero-order valence-corrected chi connectivity index (χ0v) is 14.9. The van der Waals surface area contributed by atoms with Crippen molar-refractivity contribution >= 4 is 34.7 Å². The van der Waals surface area contributed by atoms with E-state index in [1.807, 2.05) is 9.80 Å². The van der Waals surface area contributed by atoms with Gasteiger partial charge < -0.3 is 9.80 Å². The number of pyridine rings is 1. The van der Waals surface area contributed by atoms with Crippen LogP contribution in [0.3, 0.4) is 0 Å². The lowest BCUT2D eigenvalue weighted by atomic mass is 10.2. The normalized spacial score (nSPS) is 15.9. The van der Waals surface area contributed by atoms with E-state index in [2.05, 4.69) is 15.2 Å². The Kier molecular flexibility index (Phi) is 5.29. The van der Waals surface area contributed by atoms with Crippen molar-refractivity contribution in [2.75, 3.05) is 36.0 Å². The van der Waals surface area contributed by atoms with Gasteiger partial charge in [0.05, 0.1) is 22.5 Å². The van der Waals surface area contributed by atoms with Gasteiger partial charge in [0.1, 0.15) is 10.8 Å². The topological polar surface area (TPSA) is 65.1 Å². The zero-order chi connectivity index (χ0) is 18.9. The first-order valence-electron chi connectivity index (χ1n) is 7.73. The van der Waals surface area contributed by atoms with E-state index in [9.17, 15) is 18.0 Å². The maximum Gasteiger partial charge on any atom is 0.417 e. The third-order valence-electron chi connectivity index (χ3n) is 4.06. The Hall–Kier alpha value is -2.00. The molecule has 0 unspecified atom stereocenters. The highest BCUT2D eigenvalue weighted by Gasteiger charge is 2.32. The van der Waals surface area contributed by atoms with Gasteiger partial charge in [-0.3, -0.25) is 4.79 Å². The molecule has 1 fully saturated rings. The third kappa shape index (κ3) is 3.88. The van der Waals surface area contributed by atoms with Crippen molar-refractivity contribution in [1.29, 1.82) is 0 Å². The molecule has 3 heterocycles. The molecule has 0 bridgehead atoms. The molecule has 0 aliphatic carbocycles. The van der Waals surface area contributed by atoms with Crippen LogP contribution in [0.25, 0.3) is 0 Å². The first-order chi connectivity index (χ1) is 12.3. The summed E-state index contributed by atoms with van der Waals surface area (Å²) < 4.78 is 38.3. The highest BCUT2D eigenvalue weighted by atomic mass is 35.5. The minimum Gasteiger partial charge on any atom is -0.367 e. The van der Waals surface area contributed by atoms with Crippen LogP contribution >= 0.6 is 23.2 Å². The first-order valence-corrected chi connectivity index (χ1v) is 8.49. The molecular weight excluding hydrogens is 394 g/mol. The zero-order valence-electron chi connectivity index (χ0n) is 13.4. The number of halogens is 5. The van der Waals surface area contributed by atoms with E-state index in [0.29, 0.717) is 44.1 Å². The second-order valence-corrected chi connectivity index (χ2v) is 6.54. The van der Waals surface area contributed by atoms with Crippen LogP contribution in [-0.2, 0) is 6.18 Å². The van der Waals surface area contributed by atoms with E-state index in [-0.39, 0.29) is 10.0 Å². The molecule has 0 spiro atoms. The highest BCUT2D eigenvalue weighted by Crippen LogP contribution is 2.34. The van der Waals surface area contributed by atoms with Gasteiger partial charge in [-0.05, 0) is 12.5 Å². The van der Waals surface area contributed by atoms with Gasteiger partial charge in [-0.25, -0.2) is 10.1 Å². The molecule has 2 aromatic rings. The molecule has 0 atom stereocenters. The molecule has 1 aliphatic rings. The SMILES string of the molecule is O=c1[nH]ncc(N2CCCN(c3ncc(C(F)(F)F)cc3Cl)CC2)c1Cl. The van der Waals surface area contributed by atoms with Crippen molar-refractivity contribution in [3.8, 4) is 0 Å². The van der Waals surface area contributed by atoms with Crippen LogP contribution in [0, 0.1) is 0 Å². The molecule has 140 valence electrons. The maximum atomic E-state index is 12.8. The fourth-order valence-electron chi connectivity index (χ4n) is 2.78. The molecule has 26 heavy (non-hydrogen) atoms. The summed E-state index contributed by atoms with van der Waals surface area (Å²) in [6.07, 6.45) is -1.55. The summed E-state index contributed by atoms with van der Waals surface area (Å²) in [7, 11) is 0. The van der Waals surface area contributed by atoms with E-state index < -0.39 is 17.3 Å². The Bertz CT molecular complexity index is 858. The average Bonchev–Trinajstić information content (AvgIpc) is 2.82. The summed E-state index contributed by atoms with van der Waals surface area (Å²) in [5.74, 6) is 0.302. The van der Waals surface area contributed by atoms with E-state index >= 15 is 0 Å². The largest absolute Gasteiger partial charge is 0.417 e. The Balaban J connectivity index is 1.79. The summed E-state index contributed by atoms with van der Waals surface area (Å²) in [5, 5.41) is 6.02. The van der Waals surface area contributed by atoms with Crippen LogP contribution in [0.4, 0.5) is 24.7 Å². The number of aromatic amines is 1. The molecule has 1 aliphatic heterocycles. The van der Waals surface area contributed by atoms with Gasteiger partial charge in [-0.1, -0.05) is 23.2 Å². The van der Waals surface area contributed by atoms with E-state index in [0.717, 1.165) is 12.3 Å². The monoisotopic (exact) mass is 407 g/mol. The highest BCUT2D eigenvalue weighted by molar-refractivity contribution is 6.33. The predicted octanol–water partition coefficient (Wildman–Crippen LogP) is 3.21. The summed E-state index contributed by atoms with van der Waals surface area (Å²) in [6, 6.07) is 0.879. The summed E-state index contributed by atoms with van der Waals surface area (Å²) >= 11 is 12.1. The van der Waals surface area contributed by atoms with E-state index in [4.69, 9.17) is 23.2 Å². The van der Waals surface area contributed by atoms with Crippen molar-refractivity contribution < 1.29 is 13.2 Å². The molecule has 0 radical (unpaired) electrons. The minimum absolute atomic E-state index is 0.0517. The van der Waals surface area contributed by atoms with Crippen LogP contribution in [0.2, 0.25) is 10.0 Å². The standard InChI is InChI=1S/C15H14Cl2F3N5O/c16-10-6-9(15(18,19)20)7-21-13(10)25-3-1-2-24(4-5-25)11-8-22-23-14(26)12(11)17/h6-8H,1-5H2,(H,23,26). The fraction of sp³-hybridized carbons (Fsp3) is 0.400. The van der Waals surface area contributed by atoms with Crippen molar-refractivity contribution in [1.82, 2.24) is 15.2 Å². The Morgan fingerprint density at radius 1 is 1.08 bits per heavy atom. The van der Waals surface area contributed by atoms with Crippen LogP contribution in [-0.4, -0.2) is 41.4 Å². The number of nitrogens with one attached hydrogen (secondary N) is 1. The number of rotatable bonds is 2. The molecule has 0 amide bonds. The van der Waals surface area contributed by atoms with Crippen molar-refractivity contribution in [3.05, 3.63) is 44.4 Å². The number of nitrogens with zero attached hydrogens (tertiary/aromatic N) is 4. The number of aromatic nitrogens is 3. The van der Waals surface area contributed by atoms with Gasteiger partial charge in [-0.15, -0.1) is 0 Å². The molecule has 1 saturated heterocycles. The Morgan fingerprint density at radius 2 is 1.77 bits per heavy atom. The molecule has 3 rings (SSSR count). The van der Waals surface area contributed by atoms with E-state index in [1.165, 1.54) is 6.20 Å². The Morgan fingerprint density at radius 3 is 2.46 bits per heavy atom. The fourth-order valence-corrected chi connectivity index (χ4v) is 3.28. The van der Waals surface area contributed by atoms with Crippen LogP contribution in [0.15, 0.2) is 23.3 Å². The number of H-pyrrole nitrogens is 1. The lowest BCUT2D eigenvalue weighted by Gasteiger charge is -2.25. The summed E-state index contributed by atoms with van der Waals surface area (Å²) in [5.41, 5.74) is -0.842. The first kappa shape index (κ1) is 18.8. The predicted molar refractivity (Wildman–Crippen MR) is 93.2 cm³/mol. The van der Waals surface area contributed by atoms with Gasteiger partial charge >= 0.3 is 6.18 Å². The van der Waals surface area contributed by atoms with Crippen molar-refractivity contribution in [2.24, 2.45) is 0 Å². The second-order valence-electron chi connectivity index (χ2n) is 5.75. The van der Waals surface area contributed by atoms with Crippen molar-refractivity contribution in [3.63, 3.8) is 0 Å². The molecule has 0 saturated carbocycles. The number of alkyl halides is 3. The van der Waals surface area contributed by atoms with E-state index in [1.54, 1.807) is 0 Å². The lowest BCUT2D eigenvalue weighted by Crippen LogP contribution is -2.32. The number of hydrogen-bond donors (Lipinski definition) is 1. The van der Waals surface area contributed by atoms with Gasteiger partial charge in [0.2, 0.25) is 0 Å². The molecular formula is C15H14Cl2F3N5O.